The molecule has 2 aromatic heterocycles. The number of nitrogens with zero attached hydrogens (tertiary/aromatic N) is 2. The van der Waals surface area contributed by atoms with Gasteiger partial charge in [-0.05, 0) is 36.1 Å². The molecule has 0 saturated carbocycles. The molecule has 1 unspecified atom stereocenters. The van der Waals surface area contributed by atoms with Gasteiger partial charge < -0.3 is 9.72 Å². The highest BCUT2D eigenvalue weighted by Crippen LogP contribution is 2.27. The van der Waals surface area contributed by atoms with Gasteiger partial charge in [-0.15, -0.1) is 0 Å². The van der Waals surface area contributed by atoms with E-state index >= 15 is 0 Å². The lowest BCUT2D eigenvalue weighted by molar-refractivity contribution is 0.102. The first-order valence-electron chi connectivity index (χ1n) is 9.60. The SMILES string of the molecule is CCC(C)c1ccccc1NC(=O)c1ccn2cc(-c3ccccc3)nc2c1. The van der Waals surface area contributed by atoms with Gasteiger partial charge in [-0.25, -0.2) is 4.98 Å². The average molecular weight is 369 g/mol. The lowest BCUT2D eigenvalue weighted by atomic mass is 9.97. The maximum Gasteiger partial charge on any atom is 0.255 e. The molecule has 0 spiro atoms. The van der Waals surface area contributed by atoms with Crippen LogP contribution >= 0.6 is 0 Å². The summed E-state index contributed by atoms with van der Waals surface area (Å²) >= 11 is 0. The van der Waals surface area contributed by atoms with Crippen LogP contribution in [-0.4, -0.2) is 15.3 Å². The molecule has 0 saturated heterocycles. The number of hydrogen-bond donors (Lipinski definition) is 1. The molecule has 0 aliphatic heterocycles. The predicted molar refractivity (Wildman–Crippen MR) is 114 cm³/mol. The maximum absolute atomic E-state index is 12.8. The van der Waals surface area contributed by atoms with Gasteiger partial charge in [0, 0.05) is 29.2 Å². The molecule has 1 amide bonds. The molecule has 2 aromatic carbocycles. The summed E-state index contributed by atoms with van der Waals surface area (Å²) in [6.07, 6.45) is 4.88. The molecule has 0 radical (unpaired) electrons. The monoisotopic (exact) mass is 369 g/mol. The molecule has 0 bridgehead atoms. The van der Waals surface area contributed by atoms with Crippen molar-refractivity contribution in [3.8, 4) is 11.3 Å². The number of aromatic nitrogens is 2. The van der Waals surface area contributed by atoms with Crippen molar-refractivity contribution in [3.63, 3.8) is 0 Å². The molecule has 0 aliphatic carbocycles. The van der Waals surface area contributed by atoms with Crippen LogP contribution in [0.3, 0.4) is 0 Å². The number of amides is 1. The Hall–Kier alpha value is -3.40. The van der Waals surface area contributed by atoms with Gasteiger partial charge in [0.05, 0.1) is 5.69 Å². The Morgan fingerprint density at radius 2 is 1.82 bits per heavy atom. The summed E-state index contributed by atoms with van der Waals surface area (Å²) < 4.78 is 1.94. The fourth-order valence-electron chi connectivity index (χ4n) is 3.33. The van der Waals surface area contributed by atoms with Crippen molar-refractivity contribution in [1.29, 1.82) is 0 Å². The van der Waals surface area contributed by atoms with Crippen LogP contribution in [-0.2, 0) is 0 Å². The Bertz CT molecular complexity index is 1120. The first-order chi connectivity index (χ1) is 13.7. The molecule has 4 aromatic rings. The van der Waals surface area contributed by atoms with Gasteiger partial charge in [-0.2, -0.15) is 0 Å². The van der Waals surface area contributed by atoms with E-state index in [0.29, 0.717) is 11.5 Å². The topological polar surface area (TPSA) is 46.4 Å². The van der Waals surface area contributed by atoms with Gasteiger partial charge >= 0.3 is 0 Å². The van der Waals surface area contributed by atoms with Crippen molar-refractivity contribution in [2.45, 2.75) is 26.2 Å². The van der Waals surface area contributed by atoms with Crippen molar-refractivity contribution >= 4 is 17.2 Å². The molecule has 0 aliphatic rings. The second-order valence-corrected chi connectivity index (χ2v) is 7.02. The number of anilines is 1. The second kappa shape index (κ2) is 7.69. The highest BCUT2D eigenvalue weighted by atomic mass is 16.1. The fourth-order valence-corrected chi connectivity index (χ4v) is 3.33. The summed E-state index contributed by atoms with van der Waals surface area (Å²) in [5.74, 6) is 0.266. The van der Waals surface area contributed by atoms with Crippen LogP contribution in [0.5, 0.6) is 0 Å². The minimum atomic E-state index is -0.123. The van der Waals surface area contributed by atoms with Crippen molar-refractivity contribution in [2.75, 3.05) is 5.32 Å². The second-order valence-electron chi connectivity index (χ2n) is 7.02. The average Bonchev–Trinajstić information content (AvgIpc) is 3.17. The molecule has 1 atom stereocenters. The summed E-state index contributed by atoms with van der Waals surface area (Å²) in [6, 6.07) is 21.7. The van der Waals surface area contributed by atoms with E-state index in [1.165, 1.54) is 0 Å². The third kappa shape index (κ3) is 3.54. The smallest absolute Gasteiger partial charge is 0.255 e. The lowest BCUT2D eigenvalue weighted by Gasteiger charge is -2.15. The Labute approximate surface area is 164 Å². The number of carbonyl (C=O) groups is 1. The minimum Gasteiger partial charge on any atom is -0.322 e. The standard InChI is InChI=1S/C24H23N3O/c1-3-17(2)20-11-7-8-12-21(20)26-24(28)19-13-14-27-16-22(25-23(27)15-19)18-9-5-4-6-10-18/h4-17H,3H2,1-2H3,(H,26,28). The van der Waals surface area contributed by atoms with Gasteiger partial charge in [0.1, 0.15) is 5.65 Å². The molecule has 4 rings (SSSR count). The maximum atomic E-state index is 12.8. The van der Waals surface area contributed by atoms with Gasteiger partial charge in [0.15, 0.2) is 0 Å². The highest BCUT2D eigenvalue weighted by molar-refractivity contribution is 6.05. The van der Waals surface area contributed by atoms with E-state index in [-0.39, 0.29) is 5.91 Å². The highest BCUT2D eigenvalue weighted by Gasteiger charge is 2.13. The van der Waals surface area contributed by atoms with E-state index in [0.717, 1.165) is 34.6 Å². The quantitative estimate of drug-likeness (QED) is 0.485. The van der Waals surface area contributed by atoms with Gasteiger partial charge in [-0.3, -0.25) is 4.79 Å². The summed E-state index contributed by atoms with van der Waals surface area (Å²) in [7, 11) is 0. The van der Waals surface area contributed by atoms with E-state index in [9.17, 15) is 4.79 Å². The Balaban J connectivity index is 1.62. The fraction of sp³-hybridized carbons (Fsp3) is 0.167. The largest absolute Gasteiger partial charge is 0.322 e. The van der Waals surface area contributed by atoms with E-state index < -0.39 is 0 Å². The van der Waals surface area contributed by atoms with Crippen molar-refractivity contribution in [3.05, 3.63) is 90.3 Å². The lowest BCUT2D eigenvalue weighted by Crippen LogP contribution is -2.14. The van der Waals surface area contributed by atoms with Crippen LogP contribution in [0.2, 0.25) is 0 Å². The van der Waals surface area contributed by atoms with Crippen molar-refractivity contribution in [2.24, 2.45) is 0 Å². The van der Waals surface area contributed by atoms with E-state index in [1.54, 1.807) is 0 Å². The van der Waals surface area contributed by atoms with Gasteiger partial charge in [0.25, 0.3) is 5.91 Å². The first kappa shape index (κ1) is 18.0. The van der Waals surface area contributed by atoms with Crippen LogP contribution < -0.4 is 5.32 Å². The number of rotatable bonds is 5. The normalized spacial score (nSPS) is 12.1. The molecular weight excluding hydrogens is 346 g/mol. The van der Waals surface area contributed by atoms with Gasteiger partial charge in [0.2, 0.25) is 0 Å². The molecule has 4 heteroatoms. The van der Waals surface area contributed by atoms with E-state index in [1.807, 2.05) is 77.5 Å². The Kier molecular flexibility index (Phi) is 4.94. The van der Waals surface area contributed by atoms with Gasteiger partial charge in [-0.1, -0.05) is 62.4 Å². The van der Waals surface area contributed by atoms with Crippen LogP contribution in [0, 0.1) is 0 Å². The van der Waals surface area contributed by atoms with E-state index in [2.05, 4.69) is 30.2 Å². The number of benzene rings is 2. The number of imidazole rings is 1. The molecule has 140 valence electrons. The zero-order chi connectivity index (χ0) is 19.5. The Morgan fingerprint density at radius 1 is 1.07 bits per heavy atom. The summed E-state index contributed by atoms with van der Waals surface area (Å²) in [6.45, 7) is 4.33. The molecule has 0 fully saturated rings. The molecular formula is C24H23N3O. The number of fused-ring (bicyclic) bond motifs is 1. The number of carbonyl (C=O) groups excluding carboxylic acids is 1. The number of para-hydroxylation sites is 1. The van der Waals surface area contributed by atoms with Crippen molar-refractivity contribution < 1.29 is 4.79 Å². The Morgan fingerprint density at radius 3 is 2.61 bits per heavy atom. The summed E-state index contributed by atoms with van der Waals surface area (Å²) in [5.41, 5.74) is 5.32. The third-order valence-corrected chi connectivity index (χ3v) is 5.14. The van der Waals surface area contributed by atoms with Crippen LogP contribution in [0.4, 0.5) is 5.69 Å². The molecule has 2 heterocycles. The van der Waals surface area contributed by atoms with Crippen LogP contribution in [0.15, 0.2) is 79.1 Å². The first-order valence-corrected chi connectivity index (χ1v) is 9.60. The minimum absolute atomic E-state index is 0.123. The number of nitrogens with one attached hydrogen (secondary N) is 1. The zero-order valence-electron chi connectivity index (χ0n) is 16.1. The van der Waals surface area contributed by atoms with Crippen molar-refractivity contribution in [1.82, 2.24) is 9.38 Å². The number of pyridine rings is 1. The zero-order valence-corrected chi connectivity index (χ0v) is 16.1. The molecule has 1 N–H and O–H groups in total. The summed E-state index contributed by atoms with van der Waals surface area (Å²) in [5, 5.41) is 3.07. The van der Waals surface area contributed by atoms with E-state index in [4.69, 9.17) is 0 Å². The van der Waals surface area contributed by atoms with Crippen LogP contribution in [0.1, 0.15) is 42.1 Å². The molecule has 4 nitrogen and oxygen atoms in total. The summed E-state index contributed by atoms with van der Waals surface area (Å²) in [4.78, 5) is 17.5. The number of hydrogen-bond acceptors (Lipinski definition) is 2. The third-order valence-electron chi connectivity index (χ3n) is 5.14. The predicted octanol–water partition coefficient (Wildman–Crippen LogP) is 5.77. The van der Waals surface area contributed by atoms with Crippen LogP contribution in [0.25, 0.3) is 16.9 Å². The molecule has 28 heavy (non-hydrogen) atoms.